The van der Waals surface area contributed by atoms with Gasteiger partial charge in [-0.1, -0.05) is 19.0 Å². The predicted octanol–water partition coefficient (Wildman–Crippen LogP) is 4.64. The van der Waals surface area contributed by atoms with Crippen LogP contribution in [0, 0.1) is 13.8 Å². The lowest BCUT2D eigenvalue weighted by Crippen LogP contribution is -1.98. The summed E-state index contributed by atoms with van der Waals surface area (Å²) in [5.41, 5.74) is 4.87. The number of nitrogens with zero attached hydrogens (tertiary/aromatic N) is 2. The van der Waals surface area contributed by atoms with E-state index < -0.39 is 0 Å². The van der Waals surface area contributed by atoms with E-state index in [1.165, 1.54) is 5.56 Å². The van der Waals surface area contributed by atoms with Crippen LogP contribution in [0.4, 0.5) is 0 Å². The SMILES string of the molecule is COc1ccc2c(C(C)C)cc(-c3cc(C)on3)nc2c1C. The zero-order valence-electron chi connectivity index (χ0n) is 13.6. The Bertz CT molecular complexity index is 834. The van der Waals surface area contributed by atoms with Gasteiger partial charge in [0.15, 0.2) is 0 Å². The summed E-state index contributed by atoms with van der Waals surface area (Å²) in [7, 11) is 1.68. The van der Waals surface area contributed by atoms with Gasteiger partial charge >= 0.3 is 0 Å². The van der Waals surface area contributed by atoms with E-state index >= 15 is 0 Å². The number of pyridine rings is 1. The highest BCUT2D eigenvalue weighted by atomic mass is 16.5. The maximum Gasteiger partial charge on any atom is 0.134 e. The zero-order chi connectivity index (χ0) is 15.9. The first kappa shape index (κ1) is 14.6. The van der Waals surface area contributed by atoms with E-state index in [9.17, 15) is 0 Å². The average molecular weight is 296 g/mol. The van der Waals surface area contributed by atoms with Crippen molar-refractivity contribution < 1.29 is 9.26 Å². The van der Waals surface area contributed by atoms with Crippen LogP contribution in [0.15, 0.2) is 28.8 Å². The van der Waals surface area contributed by atoms with Crippen LogP contribution in [0.5, 0.6) is 5.75 Å². The fourth-order valence-electron chi connectivity index (χ4n) is 2.75. The van der Waals surface area contributed by atoms with E-state index in [1.54, 1.807) is 7.11 Å². The molecule has 2 heterocycles. The van der Waals surface area contributed by atoms with Crippen molar-refractivity contribution >= 4 is 10.9 Å². The zero-order valence-corrected chi connectivity index (χ0v) is 13.6. The van der Waals surface area contributed by atoms with E-state index in [0.717, 1.165) is 39.4 Å². The van der Waals surface area contributed by atoms with E-state index in [1.807, 2.05) is 26.0 Å². The highest BCUT2D eigenvalue weighted by Crippen LogP contribution is 2.33. The largest absolute Gasteiger partial charge is 0.496 e. The first-order chi connectivity index (χ1) is 10.5. The molecule has 4 heteroatoms. The lowest BCUT2D eigenvalue weighted by molar-refractivity contribution is 0.399. The van der Waals surface area contributed by atoms with Crippen LogP contribution in [-0.2, 0) is 0 Å². The number of hydrogen-bond acceptors (Lipinski definition) is 4. The molecule has 22 heavy (non-hydrogen) atoms. The molecular formula is C18H20N2O2. The summed E-state index contributed by atoms with van der Waals surface area (Å²) >= 11 is 0. The summed E-state index contributed by atoms with van der Waals surface area (Å²) in [6.07, 6.45) is 0. The minimum atomic E-state index is 0.394. The number of aromatic nitrogens is 2. The first-order valence-electron chi connectivity index (χ1n) is 7.43. The molecule has 3 aromatic rings. The maximum absolute atomic E-state index is 5.43. The topological polar surface area (TPSA) is 48.2 Å². The van der Waals surface area contributed by atoms with Crippen LogP contribution < -0.4 is 4.74 Å². The van der Waals surface area contributed by atoms with Crippen LogP contribution in [0.1, 0.15) is 36.7 Å². The Hall–Kier alpha value is -2.36. The standard InChI is InChI=1S/C18H20N2O2/c1-10(2)14-9-15(16-8-11(3)22-20-16)19-18-12(4)17(21-5)7-6-13(14)18/h6-10H,1-5H3. The molecule has 0 aliphatic heterocycles. The molecule has 1 aromatic carbocycles. The van der Waals surface area contributed by atoms with Crippen molar-refractivity contribution in [3.8, 4) is 17.1 Å². The van der Waals surface area contributed by atoms with Crippen molar-refractivity contribution in [3.05, 3.63) is 41.2 Å². The lowest BCUT2D eigenvalue weighted by atomic mass is 9.95. The third kappa shape index (κ3) is 2.34. The molecule has 0 unspecified atom stereocenters. The molecule has 0 N–H and O–H groups in total. The minimum Gasteiger partial charge on any atom is -0.496 e. The fourth-order valence-corrected chi connectivity index (χ4v) is 2.75. The summed E-state index contributed by atoms with van der Waals surface area (Å²) in [5.74, 6) is 2.03. The highest BCUT2D eigenvalue weighted by Gasteiger charge is 2.15. The van der Waals surface area contributed by atoms with Crippen molar-refractivity contribution in [1.82, 2.24) is 10.1 Å². The molecule has 0 atom stereocenters. The van der Waals surface area contributed by atoms with Gasteiger partial charge in [0, 0.05) is 17.0 Å². The van der Waals surface area contributed by atoms with Gasteiger partial charge in [-0.3, -0.25) is 0 Å². The Morgan fingerprint density at radius 2 is 1.86 bits per heavy atom. The number of aryl methyl sites for hydroxylation is 2. The maximum atomic E-state index is 5.43. The molecule has 0 bridgehead atoms. The molecule has 0 saturated heterocycles. The fraction of sp³-hybridized carbons (Fsp3) is 0.333. The van der Waals surface area contributed by atoms with Gasteiger partial charge < -0.3 is 9.26 Å². The molecule has 0 radical (unpaired) electrons. The van der Waals surface area contributed by atoms with Gasteiger partial charge in [-0.15, -0.1) is 0 Å². The molecule has 3 rings (SSSR count). The van der Waals surface area contributed by atoms with Crippen LogP contribution >= 0.6 is 0 Å². The van der Waals surface area contributed by atoms with Gasteiger partial charge in [0.1, 0.15) is 17.2 Å². The first-order valence-corrected chi connectivity index (χ1v) is 7.43. The Morgan fingerprint density at radius 3 is 2.45 bits per heavy atom. The second-order valence-corrected chi connectivity index (χ2v) is 5.86. The number of ether oxygens (including phenoxy) is 1. The molecule has 0 aliphatic carbocycles. The Morgan fingerprint density at radius 1 is 1.09 bits per heavy atom. The van der Waals surface area contributed by atoms with Crippen LogP contribution in [0.25, 0.3) is 22.3 Å². The molecule has 0 aliphatic rings. The van der Waals surface area contributed by atoms with Crippen molar-refractivity contribution in [2.45, 2.75) is 33.6 Å². The Kier molecular flexibility index (Phi) is 3.61. The van der Waals surface area contributed by atoms with E-state index in [2.05, 4.69) is 31.1 Å². The van der Waals surface area contributed by atoms with Crippen molar-refractivity contribution in [2.24, 2.45) is 0 Å². The molecule has 0 amide bonds. The normalized spacial score (nSPS) is 11.4. The van der Waals surface area contributed by atoms with Gasteiger partial charge in [0.05, 0.1) is 18.3 Å². The third-order valence-electron chi connectivity index (χ3n) is 3.95. The highest BCUT2D eigenvalue weighted by molar-refractivity contribution is 5.89. The van der Waals surface area contributed by atoms with Crippen LogP contribution in [-0.4, -0.2) is 17.3 Å². The molecule has 114 valence electrons. The molecule has 0 spiro atoms. The van der Waals surface area contributed by atoms with Gasteiger partial charge in [-0.2, -0.15) is 0 Å². The minimum absolute atomic E-state index is 0.394. The van der Waals surface area contributed by atoms with E-state index in [4.69, 9.17) is 14.2 Å². The second kappa shape index (κ2) is 5.44. The third-order valence-corrected chi connectivity index (χ3v) is 3.95. The molecule has 4 nitrogen and oxygen atoms in total. The van der Waals surface area contributed by atoms with Gasteiger partial charge in [-0.05, 0) is 43.5 Å². The van der Waals surface area contributed by atoms with E-state index in [0.29, 0.717) is 5.92 Å². The van der Waals surface area contributed by atoms with Gasteiger partial charge in [0.2, 0.25) is 0 Å². The predicted molar refractivity (Wildman–Crippen MR) is 87.4 cm³/mol. The van der Waals surface area contributed by atoms with Crippen molar-refractivity contribution in [3.63, 3.8) is 0 Å². The second-order valence-electron chi connectivity index (χ2n) is 5.86. The molecule has 2 aromatic heterocycles. The summed E-state index contributed by atoms with van der Waals surface area (Å²) < 4.78 is 10.6. The molecule has 0 fully saturated rings. The van der Waals surface area contributed by atoms with Crippen molar-refractivity contribution in [2.75, 3.05) is 7.11 Å². The number of fused-ring (bicyclic) bond motifs is 1. The summed E-state index contributed by atoms with van der Waals surface area (Å²) in [5, 5.41) is 5.26. The van der Waals surface area contributed by atoms with Gasteiger partial charge in [0.25, 0.3) is 0 Å². The summed E-state index contributed by atoms with van der Waals surface area (Å²) in [6.45, 7) is 8.30. The average Bonchev–Trinajstić information content (AvgIpc) is 2.93. The quantitative estimate of drug-likeness (QED) is 0.706. The lowest BCUT2D eigenvalue weighted by Gasteiger charge is -2.14. The summed E-state index contributed by atoms with van der Waals surface area (Å²) in [6, 6.07) is 8.11. The molecule has 0 saturated carbocycles. The van der Waals surface area contributed by atoms with E-state index in [-0.39, 0.29) is 0 Å². The smallest absolute Gasteiger partial charge is 0.134 e. The van der Waals surface area contributed by atoms with Crippen molar-refractivity contribution in [1.29, 1.82) is 0 Å². The van der Waals surface area contributed by atoms with Gasteiger partial charge in [-0.25, -0.2) is 4.98 Å². The number of rotatable bonds is 3. The number of methoxy groups -OCH3 is 1. The Labute approximate surface area is 130 Å². The molecular weight excluding hydrogens is 276 g/mol. The van der Waals surface area contributed by atoms with Crippen LogP contribution in [0.2, 0.25) is 0 Å². The Balaban J connectivity index is 2.33. The number of hydrogen-bond donors (Lipinski definition) is 0. The summed E-state index contributed by atoms with van der Waals surface area (Å²) in [4.78, 5) is 4.81. The number of benzene rings is 1. The monoisotopic (exact) mass is 296 g/mol. The van der Waals surface area contributed by atoms with Crippen LogP contribution in [0.3, 0.4) is 0 Å².